The van der Waals surface area contributed by atoms with Crippen LogP contribution in [-0.4, -0.2) is 17.6 Å². The summed E-state index contributed by atoms with van der Waals surface area (Å²) in [5.41, 5.74) is 3.41. The molecule has 0 radical (unpaired) electrons. The van der Waals surface area contributed by atoms with Crippen LogP contribution in [0.3, 0.4) is 0 Å². The van der Waals surface area contributed by atoms with Gasteiger partial charge in [-0.15, -0.1) is 0 Å². The van der Waals surface area contributed by atoms with E-state index in [0.717, 1.165) is 23.2 Å². The lowest BCUT2D eigenvalue weighted by Crippen LogP contribution is -2.11. The number of pyridine rings is 1. The third kappa shape index (κ3) is 2.55. The Bertz CT molecular complexity index is 372. The summed E-state index contributed by atoms with van der Waals surface area (Å²) in [4.78, 5) is 15.9. The standard InChI is InChI=1S/C12H17NO2/c1-5-10-8(3)7-9(4)11(13-10)12(14)15-6-2/h7H,5-6H2,1-4H3. The zero-order valence-corrected chi connectivity index (χ0v) is 9.76. The summed E-state index contributed by atoms with van der Waals surface area (Å²) in [6.07, 6.45) is 0.832. The van der Waals surface area contributed by atoms with Crippen molar-refractivity contribution >= 4 is 5.97 Å². The van der Waals surface area contributed by atoms with Gasteiger partial charge in [0.15, 0.2) is 5.69 Å². The molecule has 0 amide bonds. The maximum Gasteiger partial charge on any atom is 0.357 e. The maximum absolute atomic E-state index is 11.6. The van der Waals surface area contributed by atoms with Crippen molar-refractivity contribution in [1.82, 2.24) is 4.98 Å². The molecule has 82 valence electrons. The smallest absolute Gasteiger partial charge is 0.357 e. The van der Waals surface area contributed by atoms with E-state index in [1.54, 1.807) is 6.92 Å². The average molecular weight is 207 g/mol. The second-order valence-corrected chi connectivity index (χ2v) is 3.49. The van der Waals surface area contributed by atoms with Crippen molar-refractivity contribution in [1.29, 1.82) is 0 Å². The van der Waals surface area contributed by atoms with E-state index in [2.05, 4.69) is 4.98 Å². The van der Waals surface area contributed by atoms with Crippen molar-refractivity contribution in [2.45, 2.75) is 34.1 Å². The Balaban J connectivity index is 3.12. The van der Waals surface area contributed by atoms with E-state index in [1.807, 2.05) is 26.8 Å². The molecule has 0 aliphatic heterocycles. The van der Waals surface area contributed by atoms with Crippen LogP contribution in [0.1, 0.15) is 41.2 Å². The molecule has 1 heterocycles. The third-order valence-corrected chi connectivity index (χ3v) is 2.31. The van der Waals surface area contributed by atoms with Crippen LogP contribution in [-0.2, 0) is 11.2 Å². The first kappa shape index (κ1) is 11.7. The van der Waals surface area contributed by atoms with Crippen LogP contribution in [0.25, 0.3) is 0 Å². The van der Waals surface area contributed by atoms with Crippen LogP contribution >= 0.6 is 0 Å². The van der Waals surface area contributed by atoms with Crippen LogP contribution in [0.15, 0.2) is 6.07 Å². The third-order valence-electron chi connectivity index (χ3n) is 2.31. The SMILES string of the molecule is CCOC(=O)c1nc(CC)c(C)cc1C. The number of ether oxygens (including phenoxy) is 1. The predicted molar refractivity (Wildman–Crippen MR) is 59.0 cm³/mol. The molecule has 0 aliphatic carbocycles. The Morgan fingerprint density at radius 3 is 2.53 bits per heavy atom. The van der Waals surface area contributed by atoms with E-state index in [-0.39, 0.29) is 5.97 Å². The minimum absolute atomic E-state index is 0.329. The Labute approximate surface area is 90.5 Å². The number of hydrogen-bond donors (Lipinski definition) is 0. The van der Waals surface area contributed by atoms with Crippen molar-refractivity contribution in [3.63, 3.8) is 0 Å². The van der Waals surface area contributed by atoms with Crippen LogP contribution in [0, 0.1) is 13.8 Å². The van der Waals surface area contributed by atoms with Crippen molar-refractivity contribution in [3.8, 4) is 0 Å². The van der Waals surface area contributed by atoms with Gasteiger partial charge in [-0.1, -0.05) is 13.0 Å². The highest BCUT2D eigenvalue weighted by atomic mass is 16.5. The normalized spacial score (nSPS) is 10.1. The molecule has 1 rings (SSSR count). The minimum Gasteiger partial charge on any atom is -0.461 e. The fourth-order valence-electron chi connectivity index (χ4n) is 1.55. The predicted octanol–water partition coefficient (Wildman–Crippen LogP) is 2.44. The van der Waals surface area contributed by atoms with E-state index in [0.29, 0.717) is 12.3 Å². The van der Waals surface area contributed by atoms with Crippen LogP contribution in [0.4, 0.5) is 0 Å². The molecule has 0 unspecified atom stereocenters. The minimum atomic E-state index is -0.329. The van der Waals surface area contributed by atoms with Crippen LogP contribution < -0.4 is 0 Å². The second kappa shape index (κ2) is 4.91. The molecule has 0 atom stereocenters. The Hall–Kier alpha value is -1.38. The highest BCUT2D eigenvalue weighted by molar-refractivity contribution is 5.88. The lowest BCUT2D eigenvalue weighted by Gasteiger charge is -2.08. The molecular formula is C12H17NO2. The molecule has 1 aromatic rings. The van der Waals surface area contributed by atoms with E-state index >= 15 is 0 Å². The molecule has 1 aromatic heterocycles. The van der Waals surface area contributed by atoms with E-state index in [4.69, 9.17) is 4.74 Å². The van der Waals surface area contributed by atoms with Crippen molar-refractivity contribution in [2.75, 3.05) is 6.61 Å². The van der Waals surface area contributed by atoms with Gasteiger partial charge in [-0.2, -0.15) is 0 Å². The number of aromatic nitrogens is 1. The number of carbonyl (C=O) groups is 1. The first-order chi connectivity index (χ1) is 7.10. The van der Waals surface area contributed by atoms with Gasteiger partial charge in [-0.05, 0) is 38.3 Å². The molecule has 0 N–H and O–H groups in total. The fourth-order valence-corrected chi connectivity index (χ4v) is 1.55. The van der Waals surface area contributed by atoms with Gasteiger partial charge < -0.3 is 4.74 Å². The zero-order chi connectivity index (χ0) is 11.4. The first-order valence-electron chi connectivity index (χ1n) is 5.24. The summed E-state index contributed by atoms with van der Waals surface area (Å²) in [6.45, 7) is 8.09. The molecular weight excluding hydrogens is 190 g/mol. The molecule has 3 heteroatoms. The van der Waals surface area contributed by atoms with Crippen molar-refractivity contribution in [3.05, 3.63) is 28.6 Å². The first-order valence-corrected chi connectivity index (χ1v) is 5.24. The molecule has 0 saturated carbocycles. The maximum atomic E-state index is 11.6. The van der Waals surface area contributed by atoms with Gasteiger partial charge in [0.05, 0.1) is 6.61 Å². The molecule has 0 aromatic carbocycles. The molecule has 0 aliphatic rings. The Morgan fingerprint density at radius 2 is 2.00 bits per heavy atom. The summed E-state index contributed by atoms with van der Waals surface area (Å²) >= 11 is 0. The molecule has 3 nitrogen and oxygen atoms in total. The number of hydrogen-bond acceptors (Lipinski definition) is 3. The molecule has 15 heavy (non-hydrogen) atoms. The van der Waals surface area contributed by atoms with Gasteiger partial charge in [-0.3, -0.25) is 0 Å². The number of aryl methyl sites for hydroxylation is 3. The number of nitrogens with zero attached hydrogens (tertiary/aromatic N) is 1. The van der Waals surface area contributed by atoms with E-state index in [9.17, 15) is 4.79 Å². The van der Waals surface area contributed by atoms with Gasteiger partial charge in [0.2, 0.25) is 0 Å². The summed E-state index contributed by atoms with van der Waals surface area (Å²) < 4.78 is 4.95. The summed E-state index contributed by atoms with van der Waals surface area (Å²) in [5.74, 6) is -0.329. The van der Waals surface area contributed by atoms with Gasteiger partial charge in [0.25, 0.3) is 0 Å². The van der Waals surface area contributed by atoms with Crippen molar-refractivity contribution < 1.29 is 9.53 Å². The van der Waals surface area contributed by atoms with Gasteiger partial charge in [0.1, 0.15) is 0 Å². The Kier molecular flexibility index (Phi) is 3.83. The highest BCUT2D eigenvalue weighted by Gasteiger charge is 2.13. The summed E-state index contributed by atoms with van der Waals surface area (Å²) in [5, 5.41) is 0. The number of esters is 1. The summed E-state index contributed by atoms with van der Waals surface area (Å²) in [7, 11) is 0. The summed E-state index contributed by atoms with van der Waals surface area (Å²) in [6, 6.07) is 1.98. The topological polar surface area (TPSA) is 39.2 Å². The van der Waals surface area contributed by atoms with E-state index < -0.39 is 0 Å². The largest absolute Gasteiger partial charge is 0.461 e. The van der Waals surface area contributed by atoms with Crippen molar-refractivity contribution in [2.24, 2.45) is 0 Å². The van der Waals surface area contributed by atoms with Gasteiger partial charge >= 0.3 is 5.97 Å². The highest BCUT2D eigenvalue weighted by Crippen LogP contribution is 2.13. The zero-order valence-electron chi connectivity index (χ0n) is 9.76. The molecule has 0 fully saturated rings. The van der Waals surface area contributed by atoms with Crippen LogP contribution in [0.2, 0.25) is 0 Å². The number of carbonyl (C=O) groups excluding carboxylic acids is 1. The lowest BCUT2D eigenvalue weighted by atomic mass is 10.1. The quantitative estimate of drug-likeness (QED) is 0.714. The lowest BCUT2D eigenvalue weighted by molar-refractivity contribution is 0.0518. The van der Waals surface area contributed by atoms with Gasteiger partial charge in [0, 0.05) is 5.69 Å². The monoisotopic (exact) mass is 207 g/mol. The fraction of sp³-hybridized carbons (Fsp3) is 0.500. The van der Waals surface area contributed by atoms with E-state index in [1.165, 1.54) is 0 Å². The Morgan fingerprint density at radius 1 is 1.33 bits per heavy atom. The molecule has 0 spiro atoms. The average Bonchev–Trinajstić information content (AvgIpc) is 2.18. The second-order valence-electron chi connectivity index (χ2n) is 3.49. The van der Waals surface area contributed by atoms with Crippen LogP contribution in [0.5, 0.6) is 0 Å². The molecule has 0 saturated heterocycles. The number of rotatable bonds is 3. The van der Waals surface area contributed by atoms with Gasteiger partial charge in [-0.25, -0.2) is 9.78 Å². The molecule has 0 bridgehead atoms.